The molecule has 1 aromatic carbocycles. The number of hydrogen-bond acceptors (Lipinski definition) is 4. The third-order valence-corrected chi connectivity index (χ3v) is 4.81. The van der Waals surface area contributed by atoms with Crippen molar-refractivity contribution < 1.29 is 24.2 Å². The average Bonchev–Trinajstić information content (AvgIpc) is 2.60. The van der Waals surface area contributed by atoms with Gasteiger partial charge in [-0.3, -0.25) is 19.3 Å². The number of fused-ring (bicyclic) bond motifs is 1. The average molecular weight is 348 g/mol. The van der Waals surface area contributed by atoms with Crippen LogP contribution in [0.15, 0.2) is 24.3 Å². The predicted molar refractivity (Wildman–Crippen MR) is 92.5 cm³/mol. The van der Waals surface area contributed by atoms with Crippen molar-refractivity contribution in [2.45, 2.75) is 39.7 Å². The van der Waals surface area contributed by atoms with E-state index in [-0.39, 0.29) is 19.0 Å². The van der Waals surface area contributed by atoms with E-state index in [1.807, 2.05) is 0 Å². The Bertz CT molecular complexity index is 669. The van der Waals surface area contributed by atoms with Gasteiger partial charge in [0.15, 0.2) is 6.10 Å². The van der Waals surface area contributed by atoms with Crippen LogP contribution in [0.25, 0.3) is 0 Å². The van der Waals surface area contributed by atoms with Gasteiger partial charge in [0.05, 0.1) is 11.1 Å². The van der Waals surface area contributed by atoms with Crippen molar-refractivity contribution in [3.63, 3.8) is 0 Å². The van der Waals surface area contributed by atoms with Crippen molar-refractivity contribution in [1.82, 2.24) is 5.32 Å². The lowest BCUT2D eigenvalue weighted by Gasteiger charge is -2.33. The molecule has 0 radical (unpaired) electrons. The summed E-state index contributed by atoms with van der Waals surface area (Å²) in [5, 5.41) is 12.1. The number of amides is 2. The molecular weight excluding hydrogens is 324 g/mol. The van der Waals surface area contributed by atoms with Crippen molar-refractivity contribution in [3.05, 3.63) is 24.3 Å². The molecule has 1 heterocycles. The Hall–Kier alpha value is -2.57. The molecule has 1 aliphatic rings. The van der Waals surface area contributed by atoms with Crippen LogP contribution < -0.4 is 15.0 Å². The van der Waals surface area contributed by atoms with Crippen LogP contribution in [-0.4, -0.2) is 42.1 Å². The smallest absolute Gasteiger partial charge is 0.311 e. The first-order valence-corrected chi connectivity index (χ1v) is 8.41. The summed E-state index contributed by atoms with van der Waals surface area (Å²) in [7, 11) is 0. The summed E-state index contributed by atoms with van der Waals surface area (Å²) >= 11 is 0. The zero-order valence-corrected chi connectivity index (χ0v) is 14.7. The molecule has 1 aromatic rings. The third kappa shape index (κ3) is 3.75. The zero-order valence-electron chi connectivity index (χ0n) is 14.7. The second-order valence-corrected chi connectivity index (χ2v) is 6.22. The largest absolute Gasteiger partial charge is 0.481 e. The molecule has 1 atom stereocenters. The molecule has 2 rings (SSSR count). The summed E-state index contributed by atoms with van der Waals surface area (Å²) in [6, 6.07) is 7.02. The Morgan fingerprint density at radius 2 is 1.92 bits per heavy atom. The highest BCUT2D eigenvalue weighted by molar-refractivity contribution is 6.03. The van der Waals surface area contributed by atoms with E-state index in [4.69, 9.17) is 4.74 Å². The second-order valence-electron chi connectivity index (χ2n) is 6.22. The third-order valence-electron chi connectivity index (χ3n) is 4.81. The van der Waals surface area contributed by atoms with Gasteiger partial charge in [-0.05, 0) is 31.9 Å². The quantitative estimate of drug-likeness (QED) is 0.783. The lowest BCUT2D eigenvalue weighted by atomic mass is 9.82. The van der Waals surface area contributed by atoms with E-state index in [1.165, 1.54) is 4.90 Å². The number of nitrogens with one attached hydrogen (secondary N) is 1. The Balaban J connectivity index is 2.10. The topological polar surface area (TPSA) is 95.9 Å². The fraction of sp³-hybridized carbons (Fsp3) is 0.500. The molecule has 0 aromatic heterocycles. The van der Waals surface area contributed by atoms with Crippen LogP contribution in [0.3, 0.4) is 0 Å². The van der Waals surface area contributed by atoms with Gasteiger partial charge in [0.25, 0.3) is 5.91 Å². The lowest BCUT2D eigenvalue weighted by Crippen LogP contribution is -2.50. The first kappa shape index (κ1) is 18.8. The van der Waals surface area contributed by atoms with Gasteiger partial charge in [0, 0.05) is 6.54 Å². The normalized spacial score (nSPS) is 16.8. The predicted octanol–water partition coefficient (Wildman–Crippen LogP) is 1.81. The van der Waals surface area contributed by atoms with Gasteiger partial charge >= 0.3 is 5.97 Å². The van der Waals surface area contributed by atoms with Gasteiger partial charge in [-0.15, -0.1) is 0 Å². The van der Waals surface area contributed by atoms with Crippen LogP contribution in [-0.2, 0) is 14.4 Å². The molecule has 1 aliphatic heterocycles. The van der Waals surface area contributed by atoms with Crippen LogP contribution in [0.2, 0.25) is 0 Å². The highest BCUT2D eigenvalue weighted by Crippen LogP contribution is 2.33. The highest BCUT2D eigenvalue weighted by atomic mass is 16.5. The van der Waals surface area contributed by atoms with Gasteiger partial charge in [-0.2, -0.15) is 0 Å². The van der Waals surface area contributed by atoms with Crippen LogP contribution >= 0.6 is 0 Å². The molecule has 2 N–H and O–H groups in total. The molecule has 0 saturated carbocycles. The SMILES string of the molecule is CCC(CC)(CNC(=O)CN1C(=O)C(C)Oc2ccccc21)C(=O)O. The summed E-state index contributed by atoms with van der Waals surface area (Å²) in [4.78, 5) is 37.6. The van der Waals surface area contributed by atoms with E-state index in [0.717, 1.165) is 0 Å². The molecule has 136 valence electrons. The number of benzene rings is 1. The van der Waals surface area contributed by atoms with E-state index in [0.29, 0.717) is 24.3 Å². The van der Waals surface area contributed by atoms with E-state index in [2.05, 4.69) is 5.32 Å². The summed E-state index contributed by atoms with van der Waals surface area (Å²) in [5.41, 5.74) is -0.452. The second kappa shape index (κ2) is 7.55. The van der Waals surface area contributed by atoms with Crippen molar-refractivity contribution in [2.75, 3.05) is 18.0 Å². The molecule has 0 fully saturated rings. The minimum absolute atomic E-state index is 0.0316. The number of carbonyl (C=O) groups is 3. The number of hydrogen-bond donors (Lipinski definition) is 2. The van der Waals surface area contributed by atoms with Gasteiger partial charge in [-0.1, -0.05) is 26.0 Å². The Morgan fingerprint density at radius 3 is 2.52 bits per heavy atom. The van der Waals surface area contributed by atoms with Crippen LogP contribution in [0.4, 0.5) is 5.69 Å². The molecule has 7 nitrogen and oxygen atoms in total. The number of nitrogens with zero attached hydrogens (tertiary/aromatic N) is 1. The number of rotatable bonds is 7. The van der Waals surface area contributed by atoms with E-state index in [1.54, 1.807) is 45.0 Å². The van der Waals surface area contributed by atoms with Crippen molar-refractivity contribution >= 4 is 23.5 Å². The van der Waals surface area contributed by atoms with Gasteiger partial charge in [0.2, 0.25) is 5.91 Å². The molecule has 0 spiro atoms. The first-order valence-electron chi connectivity index (χ1n) is 8.41. The van der Waals surface area contributed by atoms with Gasteiger partial charge < -0.3 is 15.2 Å². The van der Waals surface area contributed by atoms with Crippen LogP contribution in [0, 0.1) is 5.41 Å². The summed E-state index contributed by atoms with van der Waals surface area (Å²) in [6.45, 7) is 5.06. The maximum absolute atomic E-state index is 12.4. The minimum Gasteiger partial charge on any atom is -0.481 e. The number of aliphatic carboxylic acids is 1. The Morgan fingerprint density at radius 1 is 1.28 bits per heavy atom. The monoisotopic (exact) mass is 348 g/mol. The fourth-order valence-electron chi connectivity index (χ4n) is 2.87. The number of carboxylic acid groups (broad SMARTS) is 1. The Kier molecular flexibility index (Phi) is 5.66. The number of carboxylic acids is 1. The summed E-state index contributed by atoms with van der Waals surface area (Å²) in [6.07, 6.45) is 0.150. The van der Waals surface area contributed by atoms with Crippen molar-refractivity contribution in [1.29, 1.82) is 0 Å². The number of para-hydroxylation sites is 2. The minimum atomic E-state index is -0.990. The molecule has 0 aliphatic carbocycles. The lowest BCUT2D eigenvalue weighted by molar-refractivity contribution is -0.149. The molecule has 2 amide bonds. The zero-order chi connectivity index (χ0) is 18.6. The summed E-state index contributed by atoms with van der Waals surface area (Å²) in [5.74, 6) is -1.09. The maximum atomic E-state index is 12.4. The summed E-state index contributed by atoms with van der Waals surface area (Å²) < 4.78 is 5.54. The molecular formula is C18H24N2O5. The number of carbonyl (C=O) groups excluding carboxylic acids is 2. The molecule has 7 heteroatoms. The molecule has 0 saturated heterocycles. The van der Waals surface area contributed by atoms with Crippen molar-refractivity contribution in [2.24, 2.45) is 5.41 Å². The van der Waals surface area contributed by atoms with E-state index < -0.39 is 23.4 Å². The maximum Gasteiger partial charge on any atom is 0.311 e. The van der Waals surface area contributed by atoms with Crippen LogP contribution in [0.5, 0.6) is 5.75 Å². The molecule has 1 unspecified atom stereocenters. The first-order chi connectivity index (χ1) is 11.8. The number of ether oxygens (including phenoxy) is 1. The van der Waals surface area contributed by atoms with Gasteiger partial charge in [-0.25, -0.2) is 0 Å². The fourth-order valence-corrected chi connectivity index (χ4v) is 2.87. The van der Waals surface area contributed by atoms with Crippen LogP contribution in [0.1, 0.15) is 33.6 Å². The molecule has 25 heavy (non-hydrogen) atoms. The van der Waals surface area contributed by atoms with E-state index >= 15 is 0 Å². The highest BCUT2D eigenvalue weighted by Gasteiger charge is 2.36. The van der Waals surface area contributed by atoms with Gasteiger partial charge in [0.1, 0.15) is 12.3 Å². The standard InChI is InChI=1S/C18H24N2O5/c1-4-18(5-2,17(23)24)11-19-15(21)10-20-13-8-6-7-9-14(13)25-12(3)16(20)22/h6-9,12H,4-5,10-11H2,1-3H3,(H,19,21)(H,23,24). The molecule has 0 bridgehead atoms. The Labute approximate surface area is 147 Å². The van der Waals surface area contributed by atoms with E-state index in [9.17, 15) is 19.5 Å². The van der Waals surface area contributed by atoms with Crippen molar-refractivity contribution in [3.8, 4) is 5.75 Å². The number of anilines is 1.